The Labute approximate surface area is 144 Å². The van der Waals surface area contributed by atoms with Crippen LogP contribution in [0.25, 0.3) is 0 Å². The lowest BCUT2D eigenvalue weighted by atomic mass is 9.98. The summed E-state index contributed by atoms with van der Waals surface area (Å²) in [4.78, 5) is 26.0. The largest absolute Gasteiger partial charge is 0.466 e. The van der Waals surface area contributed by atoms with Crippen LogP contribution in [0.5, 0.6) is 0 Å². The number of likely N-dealkylation sites (tertiary alicyclic amines) is 1. The molecule has 0 spiro atoms. The fraction of sp³-hybridized carbons (Fsp3) is 0.533. The van der Waals surface area contributed by atoms with Crippen LogP contribution in [0.4, 0.5) is 5.69 Å². The maximum Gasteiger partial charge on any atom is 0.350 e. The van der Waals surface area contributed by atoms with Crippen LogP contribution in [-0.4, -0.2) is 48.8 Å². The van der Waals surface area contributed by atoms with Crippen molar-refractivity contribution in [3.8, 4) is 0 Å². The van der Waals surface area contributed by atoms with E-state index in [1.807, 2.05) is 4.90 Å². The van der Waals surface area contributed by atoms with Gasteiger partial charge >= 0.3 is 11.9 Å². The van der Waals surface area contributed by atoms with E-state index in [1.54, 1.807) is 18.4 Å². The molecule has 1 saturated heterocycles. The Bertz CT molecular complexity index is 588. The molecule has 0 unspecified atom stereocenters. The average molecular weight is 356 g/mol. The molecule has 0 bridgehead atoms. The van der Waals surface area contributed by atoms with Crippen LogP contribution >= 0.6 is 23.6 Å². The number of carbonyl (C=O) groups excluding carboxylic acids is 2. The maximum absolute atomic E-state index is 11.9. The van der Waals surface area contributed by atoms with Gasteiger partial charge in [0.1, 0.15) is 4.88 Å². The smallest absolute Gasteiger partial charge is 0.350 e. The molecule has 8 heteroatoms. The molecule has 2 heterocycles. The predicted molar refractivity (Wildman–Crippen MR) is 92.8 cm³/mol. The highest BCUT2D eigenvalue weighted by Gasteiger charge is 2.28. The third kappa shape index (κ3) is 4.42. The SMILES string of the molecule is CCOC(=O)[C@H]1CCCN(C(=S)Nc2ccsc2C(=O)OC)C1. The van der Waals surface area contributed by atoms with E-state index in [1.165, 1.54) is 18.4 Å². The Kier molecular flexibility index (Phi) is 6.35. The van der Waals surface area contributed by atoms with Crippen molar-refractivity contribution >= 4 is 46.3 Å². The van der Waals surface area contributed by atoms with Gasteiger partial charge in [-0.25, -0.2) is 4.79 Å². The molecule has 1 N–H and O–H groups in total. The fourth-order valence-corrected chi connectivity index (χ4v) is 3.51. The molecule has 1 aliphatic rings. The summed E-state index contributed by atoms with van der Waals surface area (Å²) in [6, 6.07) is 1.79. The van der Waals surface area contributed by atoms with Crippen LogP contribution in [0.15, 0.2) is 11.4 Å². The molecule has 1 fully saturated rings. The van der Waals surface area contributed by atoms with Crippen molar-refractivity contribution in [1.82, 2.24) is 4.90 Å². The normalized spacial score (nSPS) is 17.5. The van der Waals surface area contributed by atoms with E-state index in [-0.39, 0.29) is 11.9 Å². The quantitative estimate of drug-likeness (QED) is 0.657. The minimum atomic E-state index is -0.395. The second kappa shape index (κ2) is 8.26. The Morgan fingerprint density at radius 1 is 1.52 bits per heavy atom. The highest BCUT2D eigenvalue weighted by Crippen LogP contribution is 2.25. The number of ether oxygens (including phenoxy) is 2. The van der Waals surface area contributed by atoms with Gasteiger partial charge in [0.25, 0.3) is 0 Å². The number of thiophene rings is 1. The Hall–Kier alpha value is -1.67. The molecular weight excluding hydrogens is 336 g/mol. The summed E-state index contributed by atoms with van der Waals surface area (Å²) in [7, 11) is 1.35. The third-order valence-corrected chi connectivity index (χ3v) is 4.86. The summed E-state index contributed by atoms with van der Waals surface area (Å²) >= 11 is 6.72. The van der Waals surface area contributed by atoms with Crippen molar-refractivity contribution in [2.75, 3.05) is 32.1 Å². The molecule has 1 aromatic rings. The second-order valence-corrected chi connectivity index (χ2v) is 6.43. The van der Waals surface area contributed by atoms with E-state index in [0.29, 0.717) is 28.8 Å². The van der Waals surface area contributed by atoms with E-state index in [2.05, 4.69) is 5.32 Å². The van der Waals surface area contributed by atoms with Crippen LogP contribution in [-0.2, 0) is 14.3 Å². The Balaban J connectivity index is 1.99. The summed E-state index contributed by atoms with van der Waals surface area (Å²) < 4.78 is 9.84. The van der Waals surface area contributed by atoms with E-state index in [9.17, 15) is 9.59 Å². The first-order valence-electron chi connectivity index (χ1n) is 7.45. The van der Waals surface area contributed by atoms with Gasteiger partial charge in [-0.2, -0.15) is 0 Å². The molecule has 23 heavy (non-hydrogen) atoms. The third-order valence-electron chi connectivity index (χ3n) is 3.61. The number of thiocarbonyl (C=S) groups is 1. The van der Waals surface area contributed by atoms with Crippen molar-refractivity contribution in [2.24, 2.45) is 5.92 Å². The zero-order chi connectivity index (χ0) is 16.8. The summed E-state index contributed by atoms with van der Waals surface area (Å²) in [6.45, 7) is 3.49. The minimum absolute atomic E-state index is 0.161. The molecule has 1 aromatic heterocycles. The lowest BCUT2D eigenvalue weighted by molar-refractivity contribution is -0.149. The standard InChI is InChI=1S/C15H20N2O4S2/c1-3-21-13(18)10-5-4-7-17(9-10)15(22)16-11-6-8-23-12(11)14(19)20-2/h6,8,10H,3-5,7,9H2,1-2H3,(H,16,22)/t10-/m0/s1. The molecule has 0 aliphatic carbocycles. The molecule has 0 saturated carbocycles. The van der Waals surface area contributed by atoms with E-state index < -0.39 is 5.97 Å². The van der Waals surface area contributed by atoms with E-state index in [0.717, 1.165) is 19.4 Å². The predicted octanol–water partition coefficient (Wildman–Crippen LogP) is 2.51. The molecular formula is C15H20N2O4S2. The first kappa shape index (κ1) is 17.7. The first-order chi connectivity index (χ1) is 11.1. The Morgan fingerprint density at radius 3 is 3.00 bits per heavy atom. The van der Waals surface area contributed by atoms with Crippen molar-refractivity contribution < 1.29 is 19.1 Å². The molecule has 1 atom stereocenters. The van der Waals surface area contributed by atoms with Crippen LogP contribution < -0.4 is 5.32 Å². The fourth-order valence-electron chi connectivity index (χ4n) is 2.47. The van der Waals surface area contributed by atoms with Gasteiger partial charge in [0.05, 0.1) is 25.3 Å². The minimum Gasteiger partial charge on any atom is -0.466 e. The zero-order valence-electron chi connectivity index (χ0n) is 13.2. The van der Waals surface area contributed by atoms with Crippen molar-refractivity contribution in [1.29, 1.82) is 0 Å². The average Bonchev–Trinajstić information content (AvgIpc) is 3.02. The van der Waals surface area contributed by atoms with Gasteiger partial charge in [0, 0.05) is 13.1 Å². The number of carbonyl (C=O) groups is 2. The molecule has 6 nitrogen and oxygen atoms in total. The molecule has 126 valence electrons. The van der Waals surface area contributed by atoms with Gasteiger partial charge in [-0.05, 0) is 43.4 Å². The lowest BCUT2D eigenvalue weighted by Crippen LogP contribution is -2.44. The van der Waals surface area contributed by atoms with Gasteiger partial charge in [-0.15, -0.1) is 11.3 Å². The number of hydrogen-bond donors (Lipinski definition) is 1. The summed E-state index contributed by atoms with van der Waals surface area (Å²) in [5.41, 5.74) is 0.630. The van der Waals surface area contributed by atoms with Crippen molar-refractivity contribution in [3.05, 3.63) is 16.3 Å². The first-order valence-corrected chi connectivity index (χ1v) is 8.74. The molecule has 0 radical (unpaired) electrons. The number of piperidine rings is 1. The topological polar surface area (TPSA) is 67.9 Å². The number of anilines is 1. The number of rotatable bonds is 4. The second-order valence-electron chi connectivity index (χ2n) is 5.12. The number of hydrogen-bond acceptors (Lipinski definition) is 6. The maximum atomic E-state index is 11.9. The van der Waals surface area contributed by atoms with Gasteiger partial charge in [0.15, 0.2) is 5.11 Å². The van der Waals surface area contributed by atoms with Gasteiger partial charge in [0.2, 0.25) is 0 Å². The van der Waals surface area contributed by atoms with Gasteiger partial charge in [-0.1, -0.05) is 0 Å². The highest BCUT2D eigenvalue weighted by molar-refractivity contribution is 7.80. The zero-order valence-corrected chi connectivity index (χ0v) is 14.8. The molecule has 2 rings (SSSR count). The molecule has 1 aliphatic heterocycles. The number of nitrogens with zero attached hydrogens (tertiary/aromatic N) is 1. The van der Waals surface area contributed by atoms with Gasteiger partial charge in [-0.3, -0.25) is 4.79 Å². The monoisotopic (exact) mass is 356 g/mol. The van der Waals surface area contributed by atoms with Crippen LogP contribution in [0.2, 0.25) is 0 Å². The summed E-state index contributed by atoms with van der Waals surface area (Å²) in [5, 5.41) is 5.38. The summed E-state index contributed by atoms with van der Waals surface area (Å²) in [5.74, 6) is -0.731. The van der Waals surface area contributed by atoms with Gasteiger partial charge < -0.3 is 19.7 Å². The van der Waals surface area contributed by atoms with Crippen LogP contribution in [0, 0.1) is 5.92 Å². The lowest BCUT2D eigenvalue weighted by Gasteiger charge is -2.33. The Morgan fingerprint density at radius 2 is 2.30 bits per heavy atom. The number of nitrogens with one attached hydrogen (secondary N) is 1. The van der Waals surface area contributed by atoms with Crippen LogP contribution in [0.3, 0.4) is 0 Å². The highest BCUT2D eigenvalue weighted by atomic mass is 32.1. The van der Waals surface area contributed by atoms with E-state index in [4.69, 9.17) is 21.7 Å². The number of esters is 2. The van der Waals surface area contributed by atoms with Crippen LogP contribution in [0.1, 0.15) is 29.4 Å². The summed E-state index contributed by atoms with van der Waals surface area (Å²) in [6.07, 6.45) is 1.68. The van der Waals surface area contributed by atoms with Crippen molar-refractivity contribution in [3.63, 3.8) is 0 Å². The molecule has 0 amide bonds. The molecule has 0 aromatic carbocycles. The van der Waals surface area contributed by atoms with Crippen molar-refractivity contribution in [2.45, 2.75) is 19.8 Å². The van der Waals surface area contributed by atoms with E-state index >= 15 is 0 Å². The number of methoxy groups -OCH3 is 1.